The molecule has 0 saturated heterocycles. The summed E-state index contributed by atoms with van der Waals surface area (Å²) < 4.78 is 0. The SMILES string of the molecule is CCCCc1nnc(NC(=O)c2ccc(CSC)cc2)s1. The van der Waals surface area contributed by atoms with Crippen molar-refractivity contribution in [2.45, 2.75) is 31.9 Å². The van der Waals surface area contributed by atoms with Crippen LogP contribution in [-0.4, -0.2) is 22.4 Å². The zero-order valence-corrected chi connectivity index (χ0v) is 13.9. The van der Waals surface area contributed by atoms with E-state index in [1.807, 2.05) is 24.3 Å². The van der Waals surface area contributed by atoms with Crippen molar-refractivity contribution in [1.82, 2.24) is 10.2 Å². The molecule has 1 aromatic carbocycles. The molecule has 112 valence electrons. The van der Waals surface area contributed by atoms with E-state index in [9.17, 15) is 4.79 Å². The van der Waals surface area contributed by atoms with Gasteiger partial charge in [0.25, 0.3) is 5.91 Å². The minimum atomic E-state index is -0.135. The summed E-state index contributed by atoms with van der Waals surface area (Å²) in [6.45, 7) is 2.14. The molecule has 1 aromatic heterocycles. The van der Waals surface area contributed by atoms with E-state index in [0.717, 1.165) is 30.0 Å². The van der Waals surface area contributed by atoms with Gasteiger partial charge in [0, 0.05) is 17.7 Å². The molecule has 0 aliphatic rings. The number of hydrogen-bond acceptors (Lipinski definition) is 5. The van der Waals surface area contributed by atoms with Crippen LogP contribution < -0.4 is 5.32 Å². The predicted molar refractivity (Wildman–Crippen MR) is 90.1 cm³/mol. The maximum absolute atomic E-state index is 12.1. The second-order valence-corrected chi connectivity index (χ2v) is 6.62. The molecule has 0 aliphatic carbocycles. The van der Waals surface area contributed by atoms with Crippen LogP contribution in [0.2, 0.25) is 0 Å². The molecular weight excluding hydrogens is 302 g/mol. The second-order valence-electron chi connectivity index (χ2n) is 4.69. The summed E-state index contributed by atoms with van der Waals surface area (Å²) in [6, 6.07) is 7.66. The molecule has 0 spiro atoms. The molecule has 0 saturated carbocycles. The highest BCUT2D eigenvalue weighted by Gasteiger charge is 2.10. The van der Waals surface area contributed by atoms with Gasteiger partial charge in [-0.05, 0) is 30.4 Å². The van der Waals surface area contributed by atoms with Crippen molar-refractivity contribution >= 4 is 34.1 Å². The van der Waals surface area contributed by atoms with Gasteiger partial charge in [-0.1, -0.05) is 36.8 Å². The highest BCUT2D eigenvalue weighted by molar-refractivity contribution is 7.97. The number of nitrogens with one attached hydrogen (secondary N) is 1. The van der Waals surface area contributed by atoms with Crippen LogP contribution in [0.4, 0.5) is 5.13 Å². The van der Waals surface area contributed by atoms with Crippen molar-refractivity contribution in [3.63, 3.8) is 0 Å². The number of anilines is 1. The fourth-order valence-electron chi connectivity index (χ4n) is 1.82. The van der Waals surface area contributed by atoms with Gasteiger partial charge in [-0.2, -0.15) is 11.8 Å². The summed E-state index contributed by atoms with van der Waals surface area (Å²) in [7, 11) is 0. The molecule has 6 heteroatoms. The molecule has 0 aliphatic heterocycles. The Morgan fingerprint density at radius 2 is 2.05 bits per heavy atom. The Morgan fingerprint density at radius 1 is 1.29 bits per heavy atom. The van der Waals surface area contributed by atoms with Crippen LogP contribution in [0.1, 0.15) is 40.7 Å². The van der Waals surface area contributed by atoms with Gasteiger partial charge in [-0.25, -0.2) is 0 Å². The number of hydrogen-bond donors (Lipinski definition) is 1. The van der Waals surface area contributed by atoms with E-state index in [-0.39, 0.29) is 5.91 Å². The lowest BCUT2D eigenvalue weighted by atomic mass is 10.1. The summed E-state index contributed by atoms with van der Waals surface area (Å²) in [4.78, 5) is 12.1. The van der Waals surface area contributed by atoms with Crippen molar-refractivity contribution < 1.29 is 4.79 Å². The summed E-state index contributed by atoms with van der Waals surface area (Å²) in [6.07, 6.45) is 5.21. The molecule has 1 heterocycles. The molecule has 0 fully saturated rings. The van der Waals surface area contributed by atoms with Gasteiger partial charge in [0.15, 0.2) is 0 Å². The maximum atomic E-state index is 12.1. The number of rotatable bonds is 7. The minimum absolute atomic E-state index is 0.135. The molecule has 1 amide bonds. The molecule has 21 heavy (non-hydrogen) atoms. The van der Waals surface area contributed by atoms with E-state index in [1.54, 1.807) is 11.8 Å². The van der Waals surface area contributed by atoms with Crippen LogP contribution in [0.3, 0.4) is 0 Å². The van der Waals surface area contributed by atoms with Crippen LogP contribution in [-0.2, 0) is 12.2 Å². The number of nitrogens with zero attached hydrogens (tertiary/aromatic N) is 2. The second kappa shape index (κ2) is 8.14. The van der Waals surface area contributed by atoms with Crippen LogP contribution in [0.15, 0.2) is 24.3 Å². The normalized spacial score (nSPS) is 10.6. The first-order valence-corrected chi connectivity index (χ1v) is 9.15. The number of benzene rings is 1. The maximum Gasteiger partial charge on any atom is 0.257 e. The quantitative estimate of drug-likeness (QED) is 0.837. The average Bonchev–Trinajstić information content (AvgIpc) is 2.93. The van der Waals surface area contributed by atoms with Gasteiger partial charge in [0.1, 0.15) is 5.01 Å². The number of amides is 1. The number of aryl methyl sites for hydroxylation is 1. The third-order valence-electron chi connectivity index (χ3n) is 2.96. The third kappa shape index (κ3) is 4.82. The number of thioether (sulfide) groups is 1. The Kier molecular flexibility index (Phi) is 6.20. The van der Waals surface area contributed by atoms with Crippen LogP contribution in [0, 0.1) is 0 Å². The monoisotopic (exact) mass is 321 g/mol. The Labute approximate surface area is 133 Å². The summed E-state index contributed by atoms with van der Waals surface area (Å²) in [5.41, 5.74) is 1.86. The lowest BCUT2D eigenvalue weighted by molar-refractivity contribution is 0.102. The summed E-state index contributed by atoms with van der Waals surface area (Å²) in [5, 5.41) is 12.5. The lowest BCUT2D eigenvalue weighted by Gasteiger charge is -2.03. The van der Waals surface area contributed by atoms with Gasteiger partial charge >= 0.3 is 0 Å². The fraction of sp³-hybridized carbons (Fsp3) is 0.400. The van der Waals surface area contributed by atoms with E-state index in [4.69, 9.17) is 0 Å². The first-order chi connectivity index (χ1) is 10.2. The topological polar surface area (TPSA) is 54.9 Å². The van der Waals surface area contributed by atoms with Crippen molar-refractivity contribution in [3.05, 3.63) is 40.4 Å². The molecule has 0 atom stereocenters. The average molecular weight is 321 g/mol. The zero-order valence-electron chi connectivity index (χ0n) is 12.3. The fourth-order valence-corrected chi connectivity index (χ4v) is 3.12. The predicted octanol–water partition coefficient (Wildman–Crippen LogP) is 4.00. The summed E-state index contributed by atoms with van der Waals surface area (Å²) in [5.74, 6) is 0.822. The smallest absolute Gasteiger partial charge is 0.257 e. The molecule has 2 rings (SSSR count). The Hall–Kier alpha value is -1.40. The third-order valence-corrected chi connectivity index (χ3v) is 4.48. The Bertz CT molecular complexity index is 581. The minimum Gasteiger partial charge on any atom is -0.296 e. The Morgan fingerprint density at radius 3 is 2.71 bits per heavy atom. The van der Waals surface area contributed by atoms with Gasteiger partial charge < -0.3 is 0 Å². The zero-order chi connectivity index (χ0) is 15.1. The molecule has 0 bridgehead atoms. The van der Waals surface area contributed by atoms with Crippen LogP contribution in [0.5, 0.6) is 0 Å². The summed E-state index contributed by atoms with van der Waals surface area (Å²) >= 11 is 3.21. The Balaban J connectivity index is 1.95. The van der Waals surface area contributed by atoms with Crippen molar-refractivity contribution in [1.29, 1.82) is 0 Å². The molecule has 0 unspecified atom stereocenters. The number of carbonyl (C=O) groups is 1. The van der Waals surface area contributed by atoms with Crippen molar-refractivity contribution in [2.24, 2.45) is 0 Å². The van der Waals surface area contributed by atoms with E-state index < -0.39 is 0 Å². The highest BCUT2D eigenvalue weighted by atomic mass is 32.2. The number of aromatic nitrogens is 2. The first kappa shape index (κ1) is 16.0. The molecular formula is C15H19N3OS2. The van der Waals surface area contributed by atoms with Crippen LogP contribution in [0.25, 0.3) is 0 Å². The number of carbonyl (C=O) groups excluding carboxylic acids is 1. The van der Waals surface area contributed by atoms with E-state index in [2.05, 4.69) is 28.7 Å². The molecule has 1 N–H and O–H groups in total. The number of unbranched alkanes of at least 4 members (excludes halogenated alkanes) is 1. The van der Waals surface area contributed by atoms with E-state index in [0.29, 0.717) is 10.7 Å². The molecule has 2 aromatic rings. The van der Waals surface area contributed by atoms with Crippen molar-refractivity contribution in [2.75, 3.05) is 11.6 Å². The van der Waals surface area contributed by atoms with E-state index in [1.165, 1.54) is 16.9 Å². The van der Waals surface area contributed by atoms with Crippen LogP contribution >= 0.6 is 23.1 Å². The largest absolute Gasteiger partial charge is 0.296 e. The van der Waals surface area contributed by atoms with Crippen molar-refractivity contribution in [3.8, 4) is 0 Å². The molecule has 0 radical (unpaired) electrons. The highest BCUT2D eigenvalue weighted by Crippen LogP contribution is 2.18. The first-order valence-electron chi connectivity index (χ1n) is 6.94. The van der Waals surface area contributed by atoms with E-state index >= 15 is 0 Å². The standard InChI is InChI=1S/C15H19N3OS2/c1-3-4-5-13-17-18-15(21-13)16-14(19)12-8-6-11(7-9-12)10-20-2/h6-9H,3-5,10H2,1-2H3,(H,16,18,19). The molecule has 4 nitrogen and oxygen atoms in total. The lowest BCUT2D eigenvalue weighted by Crippen LogP contribution is -2.11. The van der Waals surface area contributed by atoms with Gasteiger partial charge in [0.05, 0.1) is 0 Å². The van der Waals surface area contributed by atoms with Gasteiger partial charge in [0.2, 0.25) is 5.13 Å². The van der Waals surface area contributed by atoms with Gasteiger partial charge in [-0.15, -0.1) is 10.2 Å². The van der Waals surface area contributed by atoms with Gasteiger partial charge in [-0.3, -0.25) is 10.1 Å².